The molecule has 1 heterocycles. The zero-order chi connectivity index (χ0) is 15.1. The van der Waals surface area contributed by atoms with Crippen molar-refractivity contribution in [2.24, 2.45) is 4.99 Å². The first-order valence-corrected chi connectivity index (χ1v) is 8.02. The molecule has 1 aliphatic rings. The maximum absolute atomic E-state index is 13.7. The molecule has 1 saturated heterocycles. The van der Waals surface area contributed by atoms with Crippen LogP contribution in [0.1, 0.15) is 24.0 Å². The lowest BCUT2D eigenvalue weighted by atomic mass is 10.1. The van der Waals surface area contributed by atoms with Crippen LogP contribution in [0.4, 0.5) is 4.39 Å². The molecule has 4 nitrogen and oxygen atoms in total. The van der Waals surface area contributed by atoms with Gasteiger partial charge in [-0.3, -0.25) is 4.99 Å². The molecule has 0 amide bonds. The van der Waals surface area contributed by atoms with Gasteiger partial charge in [-0.25, -0.2) is 4.39 Å². The highest BCUT2D eigenvalue weighted by molar-refractivity contribution is 8.00. The maximum Gasteiger partial charge on any atom is 0.191 e. The maximum atomic E-state index is 13.7. The van der Waals surface area contributed by atoms with Crippen LogP contribution >= 0.6 is 11.8 Å². The van der Waals surface area contributed by atoms with Crippen LogP contribution in [0.2, 0.25) is 0 Å². The highest BCUT2D eigenvalue weighted by Gasteiger charge is 2.15. The fraction of sp³-hybridized carbons (Fsp3) is 0.467. The van der Waals surface area contributed by atoms with Gasteiger partial charge in [0, 0.05) is 31.0 Å². The lowest BCUT2D eigenvalue weighted by molar-refractivity contribution is 0.604. The molecule has 0 saturated carbocycles. The zero-order valence-electron chi connectivity index (χ0n) is 12.0. The van der Waals surface area contributed by atoms with Gasteiger partial charge in [0.15, 0.2) is 5.96 Å². The van der Waals surface area contributed by atoms with Crippen LogP contribution in [0.3, 0.4) is 0 Å². The second kappa shape index (κ2) is 7.89. The Morgan fingerprint density at radius 2 is 2.38 bits per heavy atom. The van der Waals surface area contributed by atoms with E-state index in [1.807, 2.05) is 17.8 Å². The molecule has 0 spiro atoms. The predicted molar refractivity (Wildman–Crippen MR) is 84.8 cm³/mol. The molecule has 1 aliphatic heterocycles. The molecule has 112 valence electrons. The molecule has 1 atom stereocenters. The number of benzene rings is 1. The van der Waals surface area contributed by atoms with Gasteiger partial charge in [-0.15, -0.1) is 0 Å². The Labute approximate surface area is 128 Å². The van der Waals surface area contributed by atoms with Crippen LogP contribution in [0.25, 0.3) is 0 Å². The summed E-state index contributed by atoms with van der Waals surface area (Å²) in [5, 5.41) is 15.8. The van der Waals surface area contributed by atoms with Gasteiger partial charge in [-0.1, -0.05) is 0 Å². The molecule has 0 aromatic heterocycles. The summed E-state index contributed by atoms with van der Waals surface area (Å²) >= 11 is 1.98. The van der Waals surface area contributed by atoms with Gasteiger partial charge in [-0.2, -0.15) is 17.0 Å². The van der Waals surface area contributed by atoms with E-state index < -0.39 is 0 Å². The topological polar surface area (TPSA) is 60.2 Å². The smallest absolute Gasteiger partial charge is 0.191 e. The summed E-state index contributed by atoms with van der Waals surface area (Å²) in [6.07, 6.45) is 2.50. The van der Waals surface area contributed by atoms with E-state index in [1.54, 1.807) is 13.1 Å². The molecule has 2 N–H and O–H groups in total. The average Bonchev–Trinajstić information content (AvgIpc) is 3.02. The van der Waals surface area contributed by atoms with Crippen LogP contribution in [0.5, 0.6) is 0 Å². The Balaban J connectivity index is 1.86. The van der Waals surface area contributed by atoms with E-state index in [2.05, 4.69) is 15.6 Å². The fourth-order valence-electron chi connectivity index (χ4n) is 2.20. The number of nitrogens with zero attached hydrogens (tertiary/aromatic N) is 2. The summed E-state index contributed by atoms with van der Waals surface area (Å²) in [7, 11) is 1.69. The van der Waals surface area contributed by atoms with Gasteiger partial charge in [0.25, 0.3) is 0 Å². The van der Waals surface area contributed by atoms with Crippen LogP contribution < -0.4 is 10.6 Å². The SMILES string of the molecule is CN=C(NCc1cc(C#N)ccc1F)NCC1CCCS1. The number of thioether (sulfide) groups is 1. The van der Waals surface area contributed by atoms with E-state index in [0.717, 1.165) is 6.54 Å². The van der Waals surface area contributed by atoms with Gasteiger partial charge in [-0.05, 0) is 36.8 Å². The quantitative estimate of drug-likeness (QED) is 0.662. The first-order valence-electron chi connectivity index (χ1n) is 6.97. The minimum atomic E-state index is -0.316. The zero-order valence-corrected chi connectivity index (χ0v) is 12.8. The van der Waals surface area contributed by atoms with Crippen molar-refractivity contribution in [3.63, 3.8) is 0 Å². The minimum absolute atomic E-state index is 0.304. The van der Waals surface area contributed by atoms with E-state index in [4.69, 9.17) is 5.26 Å². The summed E-state index contributed by atoms with van der Waals surface area (Å²) in [5.41, 5.74) is 0.922. The van der Waals surface area contributed by atoms with Crippen LogP contribution in [0.15, 0.2) is 23.2 Å². The van der Waals surface area contributed by atoms with Gasteiger partial charge in [0.1, 0.15) is 5.82 Å². The summed E-state index contributed by atoms with van der Waals surface area (Å²) in [6.45, 7) is 1.17. The fourth-order valence-corrected chi connectivity index (χ4v) is 3.40. The Morgan fingerprint density at radius 1 is 1.52 bits per heavy atom. The van der Waals surface area contributed by atoms with E-state index >= 15 is 0 Å². The van der Waals surface area contributed by atoms with Crippen molar-refractivity contribution in [1.29, 1.82) is 5.26 Å². The standard InChI is InChI=1S/C15H19FN4S/c1-18-15(20-10-13-3-2-6-21-13)19-9-12-7-11(8-17)4-5-14(12)16/h4-5,7,13H,2-3,6,9-10H2,1H3,(H2,18,19,20). The summed E-state index contributed by atoms with van der Waals surface area (Å²) < 4.78 is 13.7. The molecule has 1 aromatic rings. The Hall–Kier alpha value is -1.74. The number of nitriles is 1. The van der Waals surface area contributed by atoms with Crippen LogP contribution in [-0.4, -0.2) is 30.6 Å². The third kappa shape index (κ3) is 4.64. The summed E-state index contributed by atoms with van der Waals surface area (Å²) in [5.74, 6) is 1.57. The molecule has 0 radical (unpaired) electrons. The van der Waals surface area contributed by atoms with Gasteiger partial charge >= 0.3 is 0 Å². The van der Waals surface area contributed by atoms with Crippen molar-refractivity contribution in [3.05, 3.63) is 35.1 Å². The van der Waals surface area contributed by atoms with Crippen LogP contribution in [-0.2, 0) is 6.54 Å². The molecule has 1 fully saturated rings. The number of halogens is 1. The van der Waals surface area contributed by atoms with Crippen molar-refractivity contribution in [1.82, 2.24) is 10.6 Å². The van der Waals surface area contributed by atoms with Gasteiger partial charge in [0.2, 0.25) is 0 Å². The molecular weight excluding hydrogens is 287 g/mol. The average molecular weight is 306 g/mol. The summed E-state index contributed by atoms with van der Waals surface area (Å²) in [6, 6.07) is 6.37. The van der Waals surface area contributed by atoms with E-state index in [9.17, 15) is 4.39 Å². The molecule has 0 bridgehead atoms. The highest BCUT2D eigenvalue weighted by atomic mass is 32.2. The minimum Gasteiger partial charge on any atom is -0.355 e. The molecule has 2 rings (SSSR count). The number of rotatable bonds is 4. The van der Waals surface area contributed by atoms with E-state index in [1.165, 1.54) is 30.7 Å². The highest BCUT2D eigenvalue weighted by Crippen LogP contribution is 2.25. The number of nitrogens with one attached hydrogen (secondary N) is 2. The Morgan fingerprint density at radius 3 is 3.05 bits per heavy atom. The molecule has 1 unspecified atom stereocenters. The van der Waals surface area contributed by atoms with Gasteiger partial charge < -0.3 is 10.6 Å². The number of hydrogen-bond donors (Lipinski definition) is 2. The Kier molecular flexibility index (Phi) is 5.88. The second-order valence-corrected chi connectivity index (χ2v) is 6.27. The third-order valence-electron chi connectivity index (χ3n) is 3.37. The lowest BCUT2D eigenvalue weighted by Gasteiger charge is -2.15. The van der Waals surface area contributed by atoms with Crippen molar-refractivity contribution in [3.8, 4) is 6.07 Å². The van der Waals surface area contributed by atoms with Crippen molar-refractivity contribution >= 4 is 17.7 Å². The number of guanidine groups is 1. The summed E-state index contributed by atoms with van der Waals surface area (Å²) in [4.78, 5) is 4.13. The molecule has 0 aliphatic carbocycles. The molecule has 6 heteroatoms. The normalized spacial score (nSPS) is 18.3. The van der Waals surface area contributed by atoms with Crippen molar-refractivity contribution < 1.29 is 4.39 Å². The first-order chi connectivity index (χ1) is 10.2. The molecule has 1 aromatic carbocycles. The van der Waals surface area contributed by atoms with Crippen molar-refractivity contribution in [2.75, 3.05) is 19.3 Å². The Bertz CT molecular complexity index is 547. The van der Waals surface area contributed by atoms with Gasteiger partial charge in [0.05, 0.1) is 11.6 Å². The monoisotopic (exact) mass is 306 g/mol. The third-order valence-corrected chi connectivity index (χ3v) is 4.76. The second-order valence-electron chi connectivity index (χ2n) is 4.86. The lowest BCUT2D eigenvalue weighted by Crippen LogP contribution is -2.39. The van der Waals surface area contributed by atoms with E-state index in [0.29, 0.717) is 28.9 Å². The number of hydrogen-bond acceptors (Lipinski definition) is 3. The predicted octanol–water partition coefficient (Wildman–Crippen LogP) is 2.26. The molecular formula is C15H19FN4S. The van der Waals surface area contributed by atoms with Crippen molar-refractivity contribution in [2.45, 2.75) is 24.6 Å². The number of aliphatic imine (C=N–C) groups is 1. The first kappa shape index (κ1) is 15.6. The van der Waals surface area contributed by atoms with Crippen LogP contribution in [0, 0.1) is 17.1 Å². The van der Waals surface area contributed by atoms with E-state index in [-0.39, 0.29) is 5.82 Å². The largest absolute Gasteiger partial charge is 0.355 e. The molecule has 21 heavy (non-hydrogen) atoms.